The number of nitrogens with one attached hydrogen (secondary N) is 1. The molecule has 10 heteroatoms. The van der Waals surface area contributed by atoms with Gasteiger partial charge >= 0.3 is 6.18 Å². The summed E-state index contributed by atoms with van der Waals surface area (Å²) >= 11 is 5.60. The maximum absolute atomic E-state index is 13.0. The molecular formula is C21H22ClF3N4O2. The number of amides is 2. The second kappa shape index (κ2) is 9.67. The van der Waals surface area contributed by atoms with E-state index in [2.05, 4.69) is 5.32 Å². The van der Waals surface area contributed by atoms with Gasteiger partial charge < -0.3 is 11.1 Å². The molecule has 2 aromatic rings. The van der Waals surface area contributed by atoms with Crippen LogP contribution < -0.4 is 11.1 Å². The summed E-state index contributed by atoms with van der Waals surface area (Å²) < 4.78 is 38.9. The number of hydrogen-bond acceptors (Lipinski definition) is 4. The van der Waals surface area contributed by atoms with E-state index < -0.39 is 34.6 Å². The molecule has 1 aliphatic heterocycles. The van der Waals surface area contributed by atoms with Crippen LogP contribution in [-0.2, 0) is 15.8 Å². The second-order valence-electron chi connectivity index (χ2n) is 7.27. The van der Waals surface area contributed by atoms with Gasteiger partial charge in [-0.3, -0.25) is 19.4 Å². The fourth-order valence-corrected chi connectivity index (χ4v) is 3.82. The Morgan fingerprint density at radius 2 is 1.71 bits per heavy atom. The first kappa shape index (κ1) is 23.1. The minimum atomic E-state index is -4.61. The summed E-state index contributed by atoms with van der Waals surface area (Å²) in [6.07, 6.45) is -4.61. The highest BCUT2D eigenvalue weighted by Crippen LogP contribution is 2.36. The van der Waals surface area contributed by atoms with Crippen molar-refractivity contribution in [1.29, 1.82) is 0 Å². The van der Waals surface area contributed by atoms with Crippen molar-refractivity contribution in [3.05, 3.63) is 64.7 Å². The van der Waals surface area contributed by atoms with Gasteiger partial charge in [0.1, 0.15) is 6.04 Å². The molecular weight excluding hydrogens is 433 g/mol. The highest BCUT2D eigenvalue weighted by Gasteiger charge is 2.33. The Bertz CT molecular complexity index is 932. The number of nitrogens with two attached hydrogens (primary N) is 1. The van der Waals surface area contributed by atoms with E-state index in [-0.39, 0.29) is 12.2 Å². The van der Waals surface area contributed by atoms with Gasteiger partial charge in [0, 0.05) is 31.9 Å². The molecule has 166 valence electrons. The lowest BCUT2D eigenvalue weighted by atomic mass is 10.0. The van der Waals surface area contributed by atoms with E-state index >= 15 is 0 Å². The fraction of sp³-hybridized carbons (Fsp3) is 0.333. The van der Waals surface area contributed by atoms with Crippen molar-refractivity contribution >= 4 is 29.1 Å². The molecule has 1 saturated heterocycles. The van der Waals surface area contributed by atoms with Crippen LogP contribution in [-0.4, -0.2) is 54.3 Å². The van der Waals surface area contributed by atoms with Gasteiger partial charge in [-0.1, -0.05) is 41.9 Å². The number of alkyl halides is 3. The zero-order valence-corrected chi connectivity index (χ0v) is 17.3. The summed E-state index contributed by atoms with van der Waals surface area (Å²) in [6, 6.07) is 11.9. The molecule has 0 spiro atoms. The number of piperazine rings is 1. The highest BCUT2D eigenvalue weighted by molar-refractivity contribution is 6.31. The third-order valence-electron chi connectivity index (χ3n) is 5.08. The van der Waals surface area contributed by atoms with Gasteiger partial charge in [-0.05, 0) is 23.8 Å². The third-order valence-corrected chi connectivity index (χ3v) is 5.41. The number of halogens is 4. The number of nitrogens with zero attached hydrogens (tertiary/aromatic N) is 2. The molecule has 3 rings (SSSR count). The molecule has 0 aromatic heterocycles. The number of rotatable bonds is 6. The van der Waals surface area contributed by atoms with Gasteiger partial charge in [0.25, 0.3) is 0 Å². The number of hydrogen-bond donors (Lipinski definition) is 2. The SMILES string of the molecule is NC(=O)C(c1ccccc1)N1CCN(CC(=O)Nc2ccc(Cl)c(C(F)(F)F)c2)CC1. The van der Waals surface area contributed by atoms with Crippen LogP contribution in [0.25, 0.3) is 0 Å². The van der Waals surface area contributed by atoms with Crippen LogP contribution in [0.1, 0.15) is 17.2 Å². The molecule has 6 nitrogen and oxygen atoms in total. The summed E-state index contributed by atoms with van der Waals surface area (Å²) in [5.41, 5.74) is 5.44. The van der Waals surface area contributed by atoms with Gasteiger partial charge in [-0.2, -0.15) is 13.2 Å². The van der Waals surface area contributed by atoms with Gasteiger partial charge in [-0.15, -0.1) is 0 Å². The van der Waals surface area contributed by atoms with E-state index in [4.69, 9.17) is 17.3 Å². The molecule has 2 amide bonds. The largest absolute Gasteiger partial charge is 0.417 e. The van der Waals surface area contributed by atoms with Crippen molar-refractivity contribution in [3.63, 3.8) is 0 Å². The predicted molar refractivity (Wildman–Crippen MR) is 111 cm³/mol. The van der Waals surface area contributed by atoms with E-state index in [9.17, 15) is 22.8 Å². The highest BCUT2D eigenvalue weighted by atomic mass is 35.5. The Morgan fingerprint density at radius 3 is 2.29 bits per heavy atom. The average molecular weight is 455 g/mol. The molecule has 1 heterocycles. The van der Waals surface area contributed by atoms with Crippen molar-refractivity contribution in [1.82, 2.24) is 9.80 Å². The zero-order chi connectivity index (χ0) is 22.6. The van der Waals surface area contributed by atoms with Crippen molar-refractivity contribution < 1.29 is 22.8 Å². The number of primary amides is 1. The minimum absolute atomic E-state index is 0.0182. The van der Waals surface area contributed by atoms with Crippen molar-refractivity contribution in [2.24, 2.45) is 5.73 Å². The Labute approximate surface area is 182 Å². The molecule has 0 bridgehead atoms. The lowest BCUT2D eigenvalue weighted by Crippen LogP contribution is -2.51. The van der Waals surface area contributed by atoms with Gasteiger partial charge in [0.2, 0.25) is 11.8 Å². The maximum atomic E-state index is 13.0. The van der Waals surface area contributed by atoms with Crippen LogP contribution in [0.2, 0.25) is 5.02 Å². The summed E-state index contributed by atoms with van der Waals surface area (Å²) in [6.45, 7) is 2.09. The Balaban J connectivity index is 1.56. The van der Waals surface area contributed by atoms with Crippen LogP contribution in [0.3, 0.4) is 0 Å². The van der Waals surface area contributed by atoms with E-state index in [0.29, 0.717) is 26.2 Å². The van der Waals surface area contributed by atoms with E-state index in [0.717, 1.165) is 17.7 Å². The molecule has 0 saturated carbocycles. The molecule has 1 fully saturated rings. The fourth-order valence-electron chi connectivity index (χ4n) is 3.59. The first-order valence-corrected chi connectivity index (χ1v) is 10.00. The average Bonchev–Trinajstić information content (AvgIpc) is 2.70. The summed E-state index contributed by atoms with van der Waals surface area (Å²) in [7, 11) is 0. The summed E-state index contributed by atoms with van der Waals surface area (Å²) in [5, 5.41) is 2.05. The number of benzene rings is 2. The minimum Gasteiger partial charge on any atom is -0.368 e. The second-order valence-corrected chi connectivity index (χ2v) is 7.68. The first-order chi connectivity index (χ1) is 14.6. The third kappa shape index (κ3) is 5.96. The number of carbonyl (C=O) groups is 2. The molecule has 3 N–H and O–H groups in total. The molecule has 0 radical (unpaired) electrons. The summed E-state index contributed by atoms with van der Waals surface area (Å²) in [5.74, 6) is -0.876. The molecule has 0 aliphatic carbocycles. The summed E-state index contributed by atoms with van der Waals surface area (Å²) in [4.78, 5) is 28.1. The van der Waals surface area contributed by atoms with Crippen LogP contribution >= 0.6 is 11.6 Å². The van der Waals surface area contributed by atoms with E-state index in [1.807, 2.05) is 40.1 Å². The topological polar surface area (TPSA) is 78.7 Å². The molecule has 1 aliphatic rings. The lowest BCUT2D eigenvalue weighted by Gasteiger charge is -2.38. The smallest absolute Gasteiger partial charge is 0.368 e. The maximum Gasteiger partial charge on any atom is 0.417 e. The van der Waals surface area contributed by atoms with Crippen molar-refractivity contribution in [2.45, 2.75) is 12.2 Å². The van der Waals surface area contributed by atoms with Crippen molar-refractivity contribution in [2.75, 3.05) is 38.0 Å². The quantitative estimate of drug-likeness (QED) is 0.703. The number of carbonyl (C=O) groups excluding carboxylic acids is 2. The molecule has 31 heavy (non-hydrogen) atoms. The first-order valence-electron chi connectivity index (χ1n) is 9.62. The lowest BCUT2D eigenvalue weighted by molar-refractivity contribution is -0.137. The van der Waals surface area contributed by atoms with Crippen LogP contribution in [0.4, 0.5) is 18.9 Å². The van der Waals surface area contributed by atoms with E-state index in [1.165, 1.54) is 6.07 Å². The normalized spacial score (nSPS) is 16.6. The Morgan fingerprint density at radius 1 is 1.06 bits per heavy atom. The standard InChI is InChI=1S/C21H22ClF3N4O2/c22-17-7-6-15(12-16(17)21(23,24)25)27-18(30)13-28-8-10-29(11-9-28)19(20(26)31)14-4-2-1-3-5-14/h1-7,12,19H,8-11,13H2,(H2,26,31)(H,27,30). The Kier molecular flexibility index (Phi) is 7.19. The van der Waals surface area contributed by atoms with E-state index in [1.54, 1.807) is 0 Å². The van der Waals surface area contributed by atoms with Crippen LogP contribution in [0.5, 0.6) is 0 Å². The number of anilines is 1. The molecule has 2 aromatic carbocycles. The van der Waals surface area contributed by atoms with Crippen molar-refractivity contribution in [3.8, 4) is 0 Å². The zero-order valence-electron chi connectivity index (χ0n) is 16.5. The molecule has 1 atom stereocenters. The van der Waals surface area contributed by atoms with Crippen LogP contribution in [0.15, 0.2) is 48.5 Å². The predicted octanol–water partition coefficient (Wildman–Crippen LogP) is 3.14. The van der Waals surface area contributed by atoms with Crippen LogP contribution in [0, 0.1) is 0 Å². The van der Waals surface area contributed by atoms with Gasteiger partial charge in [0.15, 0.2) is 0 Å². The Hall–Kier alpha value is -2.62. The van der Waals surface area contributed by atoms with Gasteiger partial charge in [-0.25, -0.2) is 0 Å². The van der Waals surface area contributed by atoms with Gasteiger partial charge in [0.05, 0.1) is 17.1 Å². The monoisotopic (exact) mass is 454 g/mol. The molecule has 1 unspecified atom stereocenters.